The minimum absolute atomic E-state index is 0.106. The summed E-state index contributed by atoms with van der Waals surface area (Å²) in [4.78, 5) is 2.48. The summed E-state index contributed by atoms with van der Waals surface area (Å²) in [6.45, 7) is 14.0. The van der Waals surface area contributed by atoms with E-state index in [0.717, 1.165) is 26.2 Å². The predicted molar refractivity (Wildman–Crippen MR) is 64.2 cm³/mol. The molecule has 1 saturated heterocycles. The summed E-state index contributed by atoms with van der Waals surface area (Å²) in [6.07, 6.45) is 1.22. The van der Waals surface area contributed by atoms with Gasteiger partial charge in [-0.05, 0) is 33.7 Å². The summed E-state index contributed by atoms with van der Waals surface area (Å²) in [7, 11) is 0. The topological polar surface area (TPSA) is 24.5 Å². The van der Waals surface area contributed by atoms with Crippen molar-refractivity contribution < 1.29 is 4.74 Å². The third-order valence-electron chi connectivity index (χ3n) is 3.07. The van der Waals surface area contributed by atoms with E-state index in [1.165, 1.54) is 13.0 Å². The van der Waals surface area contributed by atoms with Gasteiger partial charge in [-0.1, -0.05) is 6.92 Å². The molecule has 0 spiro atoms. The van der Waals surface area contributed by atoms with Crippen molar-refractivity contribution in [1.29, 1.82) is 0 Å². The van der Waals surface area contributed by atoms with Crippen LogP contribution in [-0.4, -0.2) is 49.3 Å². The van der Waals surface area contributed by atoms with Gasteiger partial charge in [0.25, 0.3) is 0 Å². The maximum absolute atomic E-state index is 5.89. The summed E-state index contributed by atoms with van der Waals surface area (Å²) in [5.74, 6) is 0. The molecule has 1 fully saturated rings. The van der Waals surface area contributed by atoms with Crippen LogP contribution in [0.5, 0.6) is 0 Å². The van der Waals surface area contributed by atoms with Gasteiger partial charge in [0.15, 0.2) is 0 Å². The zero-order chi connectivity index (χ0) is 11.3. The van der Waals surface area contributed by atoms with E-state index in [1.54, 1.807) is 0 Å². The molecule has 0 aromatic heterocycles. The van der Waals surface area contributed by atoms with Gasteiger partial charge in [-0.3, -0.25) is 4.90 Å². The van der Waals surface area contributed by atoms with Crippen LogP contribution in [-0.2, 0) is 4.74 Å². The van der Waals surface area contributed by atoms with Crippen LogP contribution in [0.25, 0.3) is 0 Å². The summed E-state index contributed by atoms with van der Waals surface area (Å²) in [5, 5.41) is 3.25. The van der Waals surface area contributed by atoms with E-state index in [-0.39, 0.29) is 5.60 Å². The Labute approximate surface area is 94.2 Å². The number of nitrogens with one attached hydrogen (secondary N) is 1. The number of ether oxygens (including phenoxy) is 1. The van der Waals surface area contributed by atoms with Crippen molar-refractivity contribution in [3.8, 4) is 0 Å². The molecule has 3 heteroatoms. The van der Waals surface area contributed by atoms with Gasteiger partial charge in [0.1, 0.15) is 0 Å². The first kappa shape index (κ1) is 12.9. The summed E-state index contributed by atoms with van der Waals surface area (Å²) >= 11 is 0. The van der Waals surface area contributed by atoms with Gasteiger partial charge in [-0.25, -0.2) is 0 Å². The molecule has 1 heterocycles. The third kappa shape index (κ3) is 4.09. The fourth-order valence-electron chi connectivity index (χ4n) is 1.90. The van der Waals surface area contributed by atoms with Crippen molar-refractivity contribution in [2.45, 2.75) is 45.8 Å². The van der Waals surface area contributed by atoms with Crippen molar-refractivity contribution in [2.75, 3.05) is 32.8 Å². The molecule has 0 bridgehead atoms. The minimum Gasteiger partial charge on any atom is -0.371 e. The standard InChI is InChI=1S/C12H26N2O/c1-5-6-14(11(2)3)7-8-15-12(4)9-13-10-12/h11,13H,5-10H2,1-4H3. The summed E-state index contributed by atoms with van der Waals surface area (Å²) < 4.78 is 5.89. The summed E-state index contributed by atoms with van der Waals surface area (Å²) in [6, 6.07) is 0.626. The zero-order valence-corrected chi connectivity index (χ0v) is 10.7. The average molecular weight is 214 g/mol. The highest BCUT2D eigenvalue weighted by Gasteiger charge is 2.32. The number of rotatable bonds is 7. The molecule has 0 aromatic rings. The Kier molecular flexibility index (Phi) is 5.03. The van der Waals surface area contributed by atoms with E-state index < -0.39 is 0 Å². The molecular formula is C12H26N2O. The van der Waals surface area contributed by atoms with Gasteiger partial charge >= 0.3 is 0 Å². The number of nitrogens with zero attached hydrogens (tertiary/aromatic N) is 1. The maximum atomic E-state index is 5.89. The molecule has 1 N–H and O–H groups in total. The molecule has 0 saturated carbocycles. The Morgan fingerprint density at radius 1 is 1.33 bits per heavy atom. The molecule has 0 radical (unpaired) electrons. The van der Waals surface area contributed by atoms with Crippen molar-refractivity contribution >= 4 is 0 Å². The normalized spacial score (nSPS) is 19.6. The molecule has 3 nitrogen and oxygen atoms in total. The smallest absolute Gasteiger partial charge is 0.0902 e. The van der Waals surface area contributed by atoms with Gasteiger partial charge in [0.05, 0.1) is 12.2 Å². The molecule has 1 aliphatic heterocycles. The molecule has 90 valence electrons. The van der Waals surface area contributed by atoms with E-state index in [4.69, 9.17) is 4.74 Å². The fourth-order valence-corrected chi connectivity index (χ4v) is 1.90. The maximum Gasteiger partial charge on any atom is 0.0902 e. The molecular weight excluding hydrogens is 188 g/mol. The van der Waals surface area contributed by atoms with E-state index in [9.17, 15) is 0 Å². The first-order valence-corrected chi connectivity index (χ1v) is 6.16. The quantitative estimate of drug-likeness (QED) is 0.695. The monoisotopic (exact) mass is 214 g/mol. The van der Waals surface area contributed by atoms with Crippen LogP contribution in [0.3, 0.4) is 0 Å². The van der Waals surface area contributed by atoms with Crippen LogP contribution in [0.1, 0.15) is 34.1 Å². The van der Waals surface area contributed by atoms with Crippen LogP contribution in [0, 0.1) is 0 Å². The Morgan fingerprint density at radius 3 is 2.40 bits per heavy atom. The highest BCUT2D eigenvalue weighted by molar-refractivity contribution is 4.90. The lowest BCUT2D eigenvalue weighted by Crippen LogP contribution is -2.59. The van der Waals surface area contributed by atoms with Gasteiger partial charge in [-0.2, -0.15) is 0 Å². The number of hydrogen-bond donors (Lipinski definition) is 1. The average Bonchev–Trinajstić information content (AvgIpc) is 2.13. The molecule has 0 unspecified atom stereocenters. The predicted octanol–water partition coefficient (Wildman–Crippen LogP) is 1.49. The van der Waals surface area contributed by atoms with Crippen LogP contribution in [0.15, 0.2) is 0 Å². The molecule has 0 atom stereocenters. The van der Waals surface area contributed by atoms with E-state index in [2.05, 4.69) is 37.9 Å². The van der Waals surface area contributed by atoms with Crippen LogP contribution >= 0.6 is 0 Å². The lowest BCUT2D eigenvalue weighted by Gasteiger charge is -2.39. The van der Waals surface area contributed by atoms with Gasteiger partial charge < -0.3 is 10.1 Å². The van der Waals surface area contributed by atoms with E-state index in [0.29, 0.717) is 6.04 Å². The van der Waals surface area contributed by atoms with Gasteiger partial charge in [0.2, 0.25) is 0 Å². The second-order valence-corrected chi connectivity index (χ2v) is 5.03. The van der Waals surface area contributed by atoms with Gasteiger partial charge in [-0.15, -0.1) is 0 Å². The molecule has 0 aromatic carbocycles. The lowest BCUT2D eigenvalue weighted by molar-refractivity contribution is -0.0737. The summed E-state index contributed by atoms with van der Waals surface area (Å²) in [5.41, 5.74) is 0.106. The molecule has 0 aliphatic carbocycles. The molecule has 1 rings (SSSR count). The van der Waals surface area contributed by atoms with E-state index in [1.807, 2.05) is 0 Å². The molecule has 0 amide bonds. The third-order valence-corrected chi connectivity index (χ3v) is 3.07. The SMILES string of the molecule is CCCN(CCOC1(C)CNC1)C(C)C. The Balaban J connectivity index is 2.15. The van der Waals surface area contributed by atoms with Crippen LogP contribution < -0.4 is 5.32 Å². The van der Waals surface area contributed by atoms with Crippen molar-refractivity contribution in [1.82, 2.24) is 10.2 Å². The highest BCUT2D eigenvalue weighted by Crippen LogP contribution is 2.15. The second kappa shape index (κ2) is 5.83. The van der Waals surface area contributed by atoms with Crippen molar-refractivity contribution in [3.05, 3.63) is 0 Å². The Hall–Kier alpha value is -0.120. The number of hydrogen-bond acceptors (Lipinski definition) is 3. The van der Waals surface area contributed by atoms with Crippen molar-refractivity contribution in [2.24, 2.45) is 0 Å². The zero-order valence-electron chi connectivity index (χ0n) is 10.7. The second-order valence-electron chi connectivity index (χ2n) is 5.03. The first-order chi connectivity index (χ1) is 7.07. The van der Waals surface area contributed by atoms with E-state index >= 15 is 0 Å². The van der Waals surface area contributed by atoms with Crippen LogP contribution in [0.4, 0.5) is 0 Å². The largest absolute Gasteiger partial charge is 0.371 e. The van der Waals surface area contributed by atoms with Gasteiger partial charge in [0, 0.05) is 25.7 Å². The Morgan fingerprint density at radius 2 is 2.00 bits per heavy atom. The molecule has 1 aliphatic rings. The molecule has 15 heavy (non-hydrogen) atoms. The Bertz CT molecular complexity index is 178. The van der Waals surface area contributed by atoms with Crippen molar-refractivity contribution in [3.63, 3.8) is 0 Å². The van der Waals surface area contributed by atoms with Crippen LogP contribution in [0.2, 0.25) is 0 Å². The first-order valence-electron chi connectivity index (χ1n) is 6.16. The minimum atomic E-state index is 0.106. The highest BCUT2D eigenvalue weighted by atomic mass is 16.5. The lowest BCUT2D eigenvalue weighted by atomic mass is 10.0. The fraction of sp³-hybridized carbons (Fsp3) is 1.00.